The van der Waals surface area contributed by atoms with Crippen molar-refractivity contribution >= 4 is 35.1 Å². The number of hydrogen-bond donors (Lipinski definition) is 1. The van der Waals surface area contributed by atoms with Gasteiger partial charge >= 0.3 is 5.97 Å². The molecule has 0 aliphatic carbocycles. The minimum atomic E-state index is -0.170. The van der Waals surface area contributed by atoms with Crippen molar-refractivity contribution in [1.29, 1.82) is 0 Å². The zero-order chi connectivity index (χ0) is 17.4. The summed E-state index contributed by atoms with van der Waals surface area (Å²) in [5, 5.41) is 4.31. The zero-order valence-electron chi connectivity index (χ0n) is 13.4. The van der Waals surface area contributed by atoms with Crippen molar-refractivity contribution in [1.82, 2.24) is 9.97 Å². The number of hydrogen-bond acceptors (Lipinski definition) is 5. The van der Waals surface area contributed by atoms with Crippen LogP contribution in [0.3, 0.4) is 0 Å². The van der Waals surface area contributed by atoms with E-state index in [0.29, 0.717) is 35.6 Å². The van der Waals surface area contributed by atoms with Gasteiger partial charge in [-0.1, -0.05) is 23.2 Å². The van der Waals surface area contributed by atoms with E-state index >= 15 is 0 Å². The number of halogens is 2. The molecule has 1 heterocycles. The van der Waals surface area contributed by atoms with Gasteiger partial charge in [-0.05, 0) is 49.1 Å². The molecular weight excluding hydrogens is 349 g/mol. The largest absolute Gasteiger partial charge is 0.466 e. The monoisotopic (exact) mass is 367 g/mol. The van der Waals surface area contributed by atoms with Crippen LogP contribution in [0.1, 0.15) is 30.9 Å². The number of aromatic nitrogens is 2. The second kappa shape index (κ2) is 9.45. The van der Waals surface area contributed by atoms with E-state index in [2.05, 4.69) is 15.3 Å². The summed E-state index contributed by atoms with van der Waals surface area (Å²) in [5.74, 6) is 0.358. The number of carbonyl (C=O) groups is 1. The first-order valence-corrected chi connectivity index (χ1v) is 8.48. The number of carbonyl (C=O) groups excluding carboxylic acids is 1. The number of esters is 1. The third-order valence-electron chi connectivity index (χ3n) is 3.23. The second-order valence-corrected chi connectivity index (χ2v) is 6.08. The molecule has 24 heavy (non-hydrogen) atoms. The van der Waals surface area contributed by atoms with Crippen LogP contribution >= 0.6 is 23.2 Å². The van der Waals surface area contributed by atoms with E-state index in [1.54, 1.807) is 25.4 Å². The van der Waals surface area contributed by atoms with E-state index in [1.165, 1.54) is 0 Å². The Hall–Kier alpha value is -1.85. The number of nitrogens with one attached hydrogen (secondary N) is 1. The van der Waals surface area contributed by atoms with Gasteiger partial charge in [0.1, 0.15) is 0 Å². The summed E-state index contributed by atoms with van der Waals surface area (Å²) in [4.78, 5) is 19.8. The van der Waals surface area contributed by atoms with Crippen LogP contribution < -0.4 is 5.32 Å². The maximum Gasteiger partial charge on any atom is 0.305 e. The highest BCUT2D eigenvalue weighted by atomic mass is 35.5. The molecule has 0 saturated heterocycles. The van der Waals surface area contributed by atoms with Crippen LogP contribution in [0, 0.1) is 0 Å². The second-order valence-electron chi connectivity index (χ2n) is 5.20. The molecule has 0 spiro atoms. The van der Waals surface area contributed by atoms with Gasteiger partial charge in [-0.25, -0.2) is 9.97 Å². The standard InChI is InChI=1S/C17H19Cl2N3O2/c1-2-24-16(23)5-3-4-12-9-20-17(21-10-12)22-11-13-6-14(18)8-15(19)7-13/h6-10H,2-5,11H2,1H3,(H,20,21,22). The molecule has 0 fully saturated rings. The summed E-state index contributed by atoms with van der Waals surface area (Å²) < 4.78 is 4.89. The predicted octanol–water partition coefficient (Wildman–Crippen LogP) is 4.28. The van der Waals surface area contributed by atoms with Crippen LogP contribution in [0.5, 0.6) is 0 Å². The maximum absolute atomic E-state index is 11.3. The number of aryl methyl sites for hydroxylation is 1. The van der Waals surface area contributed by atoms with Gasteiger partial charge in [0.15, 0.2) is 0 Å². The Balaban J connectivity index is 1.80. The Morgan fingerprint density at radius 1 is 1.12 bits per heavy atom. The average molecular weight is 368 g/mol. The molecule has 1 aromatic heterocycles. The Morgan fingerprint density at radius 2 is 1.79 bits per heavy atom. The van der Waals surface area contributed by atoms with Crippen molar-refractivity contribution in [3.05, 3.63) is 51.8 Å². The van der Waals surface area contributed by atoms with Gasteiger partial charge in [-0.2, -0.15) is 0 Å². The highest BCUT2D eigenvalue weighted by molar-refractivity contribution is 6.34. The van der Waals surface area contributed by atoms with Gasteiger partial charge in [-0.15, -0.1) is 0 Å². The van der Waals surface area contributed by atoms with Crippen LogP contribution in [0.4, 0.5) is 5.95 Å². The van der Waals surface area contributed by atoms with Crippen molar-refractivity contribution in [3.8, 4) is 0 Å². The number of nitrogens with zero attached hydrogens (tertiary/aromatic N) is 2. The highest BCUT2D eigenvalue weighted by Gasteiger charge is 2.04. The van der Waals surface area contributed by atoms with Crippen molar-refractivity contribution in [2.45, 2.75) is 32.7 Å². The fourth-order valence-corrected chi connectivity index (χ4v) is 2.71. The first kappa shape index (κ1) is 18.5. The normalized spacial score (nSPS) is 10.5. The lowest BCUT2D eigenvalue weighted by molar-refractivity contribution is -0.143. The zero-order valence-corrected chi connectivity index (χ0v) is 14.9. The Kier molecular flexibility index (Phi) is 7.28. The topological polar surface area (TPSA) is 64.1 Å². The molecular formula is C17H19Cl2N3O2. The Labute approximate surface area is 151 Å². The first-order chi connectivity index (χ1) is 11.6. The predicted molar refractivity (Wildman–Crippen MR) is 95.4 cm³/mol. The lowest BCUT2D eigenvalue weighted by atomic mass is 10.1. The lowest BCUT2D eigenvalue weighted by Gasteiger charge is -2.07. The molecule has 0 unspecified atom stereocenters. The van der Waals surface area contributed by atoms with Crippen molar-refractivity contribution in [3.63, 3.8) is 0 Å². The summed E-state index contributed by atoms with van der Waals surface area (Å²) in [6.45, 7) is 2.75. The number of anilines is 1. The molecule has 0 aliphatic heterocycles. The molecule has 2 rings (SSSR count). The van der Waals surface area contributed by atoms with Gasteiger partial charge in [0.05, 0.1) is 6.61 Å². The fraction of sp³-hybridized carbons (Fsp3) is 0.353. The van der Waals surface area contributed by atoms with Gasteiger partial charge in [0, 0.05) is 35.4 Å². The molecule has 5 nitrogen and oxygen atoms in total. The van der Waals surface area contributed by atoms with Crippen LogP contribution in [0.2, 0.25) is 10.0 Å². The van der Waals surface area contributed by atoms with E-state index in [1.807, 2.05) is 12.1 Å². The summed E-state index contributed by atoms with van der Waals surface area (Å²) in [6, 6.07) is 5.36. The molecule has 128 valence electrons. The average Bonchev–Trinajstić information content (AvgIpc) is 2.53. The molecule has 0 amide bonds. The molecule has 7 heteroatoms. The molecule has 0 aliphatic rings. The summed E-state index contributed by atoms with van der Waals surface area (Å²) in [6.07, 6.45) is 5.37. The van der Waals surface area contributed by atoms with Crippen LogP contribution in [-0.4, -0.2) is 22.5 Å². The van der Waals surface area contributed by atoms with Gasteiger partial charge in [0.25, 0.3) is 0 Å². The third kappa shape index (κ3) is 6.34. The molecule has 2 aromatic rings. The van der Waals surface area contributed by atoms with E-state index < -0.39 is 0 Å². The quantitative estimate of drug-likeness (QED) is 0.705. The molecule has 0 bridgehead atoms. The first-order valence-electron chi connectivity index (χ1n) is 7.72. The van der Waals surface area contributed by atoms with Crippen LogP contribution in [0.25, 0.3) is 0 Å². The van der Waals surface area contributed by atoms with Gasteiger partial charge < -0.3 is 10.1 Å². The SMILES string of the molecule is CCOC(=O)CCCc1cnc(NCc2cc(Cl)cc(Cl)c2)nc1. The van der Waals surface area contributed by atoms with Crippen LogP contribution in [-0.2, 0) is 22.5 Å². The number of ether oxygens (including phenoxy) is 1. The third-order valence-corrected chi connectivity index (χ3v) is 3.67. The smallest absolute Gasteiger partial charge is 0.305 e. The van der Waals surface area contributed by atoms with E-state index in [4.69, 9.17) is 27.9 Å². The van der Waals surface area contributed by atoms with Gasteiger partial charge in [-0.3, -0.25) is 4.79 Å². The van der Waals surface area contributed by atoms with E-state index in [9.17, 15) is 4.79 Å². The lowest BCUT2D eigenvalue weighted by Crippen LogP contribution is -2.05. The summed E-state index contributed by atoms with van der Waals surface area (Å²) in [7, 11) is 0. The Bertz CT molecular complexity index is 658. The van der Waals surface area contributed by atoms with Crippen molar-refractivity contribution in [2.75, 3.05) is 11.9 Å². The number of benzene rings is 1. The minimum Gasteiger partial charge on any atom is -0.466 e. The minimum absolute atomic E-state index is 0.170. The van der Waals surface area contributed by atoms with Crippen molar-refractivity contribution in [2.24, 2.45) is 0 Å². The fourth-order valence-electron chi connectivity index (χ4n) is 2.14. The summed E-state index contributed by atoms with van der Waals surface area (Å²) in [5.41, 5.74) is 1.94. The van der Waals surface area contributed by atoms with E-state index in [0.717, 1.165) is 24.0 Å². The highest BCUT2D eigenvalue weighted by Crippen LogP contribution is 2.19. The maximum atomic E-state index is 11.3. The van der Waals surface area contributed by atoms with E-state index in [-0.39, 0.29) is 5.97 Å². The molecule has 0 saturated carbocycles. The molecule has 1 aromatic carbocycles. The molecule has 0 atom stereocenters. The van der Waals surface area contributed by atoms with Crippen molar-refractivity contribution < 1.29 is 9.53 Å². The van der Waals surface area contributed by atoms with Crippen LogP contribution in [0.15, 0.2) is 30.6 Å². The van der Waals surface area contributed by atoms with Gasteiger partial charge in [0.2, 0.25) is 5.95 Å². The molecule has 0 radical (unpaired) electrons. The summed E-state index contributed by atoms with van der Waals surface area (Å²) >= 11 is 11.9. The molecule has 1 N–H and O–H groups in total. The Morgan fingerprint density at radius 3 is 2.42 bits per heavy atom. The number of rotatable bonds is 8.